The number of carbonyl (C=O) groups excluding carboxylic acids is 1. The highest BCUT2D eigenvalue weighted by Crippen LogP contribution is 2.22. The third-order valence-electron chi connectivity index (χ3n) is 2.41. The lowest BCUT2D eigenvalue weighted by molar-refractivity contribution is -0.123. The first-order valence-electron chi connectivity index (χ1n) is 5.41. The van der Waals surface area contributed by atoms with Gasteiger partial charge in [0.15, 0.2) is 0 Å². The van der Waals surface area contributed by atoms with Gasteiger partial charge in [-0.3, -0.25) is 9.35 Å². The van der Waals surface area contributed by atoms with Gasteiger partial charge in [0, 0.05) is 11.1 Å². The largest absolute Gasteiger partial charge is 0.326 e. The molecule has 0 radical (unpaired) electrons. The van der Waals surface area contributed by atoms with Crippen molar-refractivity contribution >= 4 is 21.7 Å². The van der Waals surface area contributed by atoms with Crippen LogP contribution in [-0.2, 0) is 14.9 Å². The van der Waals surface area contributed by atoms with Crippen molar-refractivity contribution in [3.63, 3.8) is 0 Å². The summed E-state index contributed by atoms with van der Waals surface area (Å²) in [6.45, 7) is 6.82. The topological polar surface area (TPSA) is 83.5 Å². The number of amides is 1. The van der Waals surface area contributed by atoms with Gasteiger partial charge in [-0.05, 0) is 24.6 Å². The van der Waals surface area contributed by atoms with Crippen LogP contribution in [0.5, 0.6) is 0 Å². The van der Waals surface area contributed by atoms with Gasteiger partial charge in [-0.25, -0.2) is 0 Å². The predicted molar refractivity (Wildman–Crippen MR) is 69.1 cm³/mol. The molecule has 0 spiro atoms. The van der Waals surface area contributed by atoms with Gasteiger partial charge in [-0.15, -0.1) is 0 Å². The van der Waals surface area contributed by atoms with Gasteiger partial charge < -0.3 is 5.32 Å². The Kier molecular flexibility index (Phi) is 3.83. The first kappa shape index (κ1) is 14.7. The van der Waals surface area contributed by atoms with E-state index in [0.717, 1.165) is 0 Å². The second kappa shape index (κ2) is 4.70. The van der Waals surface area contributed by atoms with Gasteiger partial charge >= 0.3 is 0 Å². The number of hydrogen-bond acceptors (Lipinski definition) is 3. The van der Waals surface area contributed by atoms with E-state index in [9.17, 15) is 13.2 Å². The summed E-state index contributed by atoms with van der Waals surface area (Å²) in [6, 6.07) is 4.36. The second-order valence-electron chi connectivity index (χ2n) is 5.16. The summed E-state index contributed by atoms with van der Waals surface area (Å²) in [7, 11) is -4.28. The summed E-state index contributed by atoms with van der Waals surface area (Å²) in [5.74, 6) is -0.229. The number of benzene rings is 1. The number of nitrogens with one attached hydrogen (secondary N) is 1. The van der Waals surface area contributed by atoms with Crippen molar-refractivity contribution in [3.8, 4) is 0 Å². The third kappa shape index (κ3) is 3.54. The fourth-order valence-corrected chi connectivity index (χ4v) is 2.03. The maximum atomic E-state index is 11.8. The number of rotatable bonds is 2. The second-order valence-corrected chi connectivity index (χ2v) is 6.55. The minimum absolute atomic E-state index is 0.200. The first-order valence-corrected chi connectivity index (χ1v) is 6.85. The van der Waals surface area contributed by atoms with E-state index in [1.54, 1.807) is 33.8 Å². The summed E-state index contributed by atoms with van der Waals surface area (Å²) in [4.78, 5) is 11.6. The molecule has 0 unspecified atom stereocenters. The molecule has 1 rings (SSSR count). The SMILES string of the molecule is Cc1ccc(NC(=O)C(C)(C)C)cc1S(=O)(=O)O. The lowest BCUT2D eigenvalue weighted by atomic mass is 9.95. The molecule has 1 aromatic rings. The van der Waals surface area contributed by atoms with Crippen LogP contribution >= 0.6 is 0 Å². The van der Waals surface area contributed by atoms with Crippen molar-refractivity contribution in [1.29, 1.82) is 0 Å². The Morgan fingerprint density at radius 3 is 2.28 bits per heavy atom. The van der Waals surface area contributed by atoms with Gasteiger partial charge in [-0.1, -0.05) is 26.8 Å². The molecule has 0 saturated carbocycles. The van der Waals surface area contributed by atoms with E-state index in [1.165, 1.54) is 12.1 Å². The normalized spacial score (nSPS) is 12.3. The molecule has 0 atom stereocenters. The molecule has 0 aromatic heterocycles. The number of anilines is 1. The fourth-order valence-electron chi connectivity index (χ4n) is 1.27. The van der Waals surface area contributed by atoms with E-state index < -0.39 is 15.5 Å². The molecule has 0 saturated heterocycles. The highest BCUT2D eigenvalue weighted by molar-refractivity contribution is 7.85. The predicted octanol–water partition coefficient (Wildman–Crippen LogP) is 2.23. The average molecular weight is 271 g/mol. The van der Waals surface area contributed by atoms with Crippen molar-refractivity contribution in [2.75, 3.05) is 5.32 Å². The number of carbonyl (C=O) groups is 1. The zero-order chi connectivity index (χ0) is 14.1. The lowest BCUT2D eigenvalue weighted by Gasteiger charge is -2.18. The molecule has 5 nitrogen and oxygen atoms in total. The van der Waals surface area contributed by atoms with E-state index >= 15 is 0 Å². The van der Waals surface area contributed by atoms with Crippen molar-refractivity contribution in [2.45, 2.75) is 32.6 Å². The van der Waals surface area contributed by atoms with Crippen LogP contribution < -0.4 is 5.32 Å². The lowest BCUT2D eigenvalue weighted by Crippen LogP contribution is -2.27. The summed E-state index contributed by atoms with van der Waals surface area (Å²) < 4.78 is 31.3. The van der Waals surface area contributed by atoms with Crippen LogP contribution in [0.2, 0.25) is 0 Å². The average Bonchev–Trinajstić information content (AvgIpc) is 2.17. The Hall–Kier alpha value is -1.40. The van der Waals surface area contributed by atoms with E-state index in [0.29, 0.717) is 11.3 Å². The fraction of sp³-hybridized carbons (Fsp3) is 0.417. The maximum Gasteiger partial charge on any atom is 0.294 e. The van der Waals surface area contributed by atoms with Gasteiger partial charge in [0.2, 0.25) is 5.91 Å². The van der Waals surface area contributed by atoms with E-state index in [-0.39, 0.29) is 10.8 Å². The summed E-state index contributed by atoms with van der Waals surface area (Å²) in [5.41, 5.74) is 0.183. The minimum Gasteiger partial charge on any atom is -0.326 e. The molecular weight excluding hydrogens is 254 g/mol. The molecule has 0 heterocycles. The molecule has 0 bridgehead atoms. The molecule has 0 aliphatic heterocycles. The molecule has 18 heavy (non-hydrogen) atoms. The zero-order valence-corrected chi connectivity index (χ0v) is 11.6. The summed E-state index contributed by atoms with van der Waals surface area (Å²) in [5, 5.41) is 2.61. The van der Waals surface area contributed by atoms with Gasteiger partial charge in [0.05, 0.1) is 4.90 Å². The number of hydrogen-bond donors (Lipinski definition) is 2. The van der Waals surface area contributed by atoms with Crippen LogP contribution in [0.25, 0.3) is 0 Å². The molecule has 1 amide bonds. The van der Waals surface area contributed by atoms with E-state index in [4.69, 9.17) is 4.55 Å². The van der Waals surface area contributed by atoms with Gasteiger partial charge in [-0.2, -0.15) is 8.42 Å². The van der Waals surface area contributed by atoms with Gasteiger partial charge in [0.25, 0.3) is 10.1 Å². The summed E-state index contributed by atoms with van der Waals surface area (Å²) in [6.07, 6.45) is 0. The van der Waals surface area contributed by atoms with Crippen LogP contribution in [0.3, 0.4) is 0 Å². The van der Waals surface area contributed by atoms with Crippen molar-refractivity contribution in [3.05, 3.63) is 23.8 Å². The van der Waals surface area contributed by atoms with Crippen molar-refractivity contribution < 1.29 is 17.8 Å². The van der Waals surface area contributed by atoms with Crippen LogP contribution in [0.4, 0.5) is 5.69 Å². The molecule has 1 aromatic carbocycles. The quantitative estimate of drug-likeness (QED) is 0.808. The Labute approximate surface area is 107 Å². The highest BCUT2D eigenvalue weighted by atomic mass is 32.2. The smallest absolute Gasteiger partial charge is 0.294 e. The monoisotopic (exact) mass is 271 g/mol. The Bertz CT molecular complexity index is 570. The molecule has 0 aliphatic rings. The Morgan fingerprint density at radius 1 is 1.28 bits per heavy atom. The highest BCUT2D eigenvalue weighted by Gasteiger charge is 2.22. The van der Waals surface area contributed by atoms with Crippen molar-refractivity contribution in [1.82, 2.24) is 0 Å². The number of aryl methyl sites for hydroxylation is 1. The molecule has 100 valence electrons. The van der Waals surface area contributed by atoms with Crippen LogP contribution in [0.15, 0.2) is 23.1 Å². The van der Waals surface area contributed by atoms with Crippen molar-refractivity contribution in [2.24, 2.45) is 5.41 Å². The molecule has 2 N–H and O–H groups in total. The standard InChI is InChI=1S/C12H17NO4S/c1-8-5-6-9(7-10(8)18(15,16)17)13-11(14)12(2,3)4/h5-7H,1-4H3,(H,13,14)(H,15,16,17). The third-order valence-corrected chi connectivity index (χ3v) is 3.40. The molecule has 6 heteroatoms. The van der Waals surface area contributed by atoms with Gasteiger partial charge in [0.1, 0.15) is 0 Å². The molecule has 0 fully saturated rings. The Morgan fingerprint density at radius 2 is 1.83 bits per heavy atom. The maximum absolute atomic E-state index is 11.8. The summed E-state index contributed by atoms with van der Waals surface area (Å²) >= 11 is 0. The van der Waals surface area contributed by atoms with E-state index in [2.05, 4.69) is 5.32 Å². The van der Waals surface area contributed by atoms with E-state index in [1.807, 2.05) is 0 Å². The molecular formula is C12H17NO4S. The first-order chi connectivity index (χ1) is 8.01. The Balaban J connectivity index is 3.12. The minimum atomic E-state index is -4.28. The van der Waals surface area contributed by atoms with Crippen LogP contribution in [0, 0.1) is 12.3 Å². The van der Waals surface area contributed by atoms with Crippen LogP contribution in [0.1, 0.15) is 26.3 Å². The zero-order valence-electron chi connectivity index (χ0n) is 10.8. The molecule has 0 aliphatic carbocycles. The van der Waals surface area contributed by atoms with Crippen LogP contribution in [-0.4, -0.2) is 18.9 Å².